The molecule has 0 bridgehead atoms. The number of benzene rings is 2. The van der Waals surface area contributed by atoms with Gasteiger partial charge in [0.15, 0.2) is 0 Å². The molecule has 2 rings (SSSR count). The maximum Gasteiger partial charge on any atom is 0.133 e. The Morgan fingerprint density at radius 2 is 1.52 bits per heavy atom. The number of hydrogen-bond acceptors (Lipinski definition) is 3. The maximum absolute atomic E-state index is 6.08. The lowest BCUT2D eigenvalue weighted by molar-refractivity contribution is 0.224. The van der Waals surface area contributed by atoms with Crippen molar-refractivity contribution in [1.82, 2.24) is 4.90 Å². The van der Waals surface area contributed by atoms with Crippen LogP contribution < -0.4 is 10.5 Å². The molecule has 0 saturated heterocycles. The van der Waals surface area contributed by atoms with Crippen molar-refractivity contribution in [3.63, 3.8) is 0 Å². The van der Waals surface area contributed by atoms with Crippen molar-refractivity contribution < 1.29 is 4.74 Å². The Labute approximate surface area is 140 Å². The predicted octanol–water partition coefficient (Wildman–Crippen LogP) is 4.44. The molecule has 3 heteroatoms. The van der Waals surface area contributed by atoms with Crippen LogP contribution in [0.5, 0.6) is 11.5 Å². The number of para-hydroxylation sites is 1. The molecule has 0 aliphatic carbocycles. The van der Waals surface area contributed by atoms with Crippen molar-refractivity contribution in [1.29, 1.82) is 0 Å². The first kappa shape index (κ1) is 17.5. The van der Waals surface area contributed by atoms with Gasteiger partial charge in [0, 0.05) is 12.6 Å². The van der Waals surface area contributed by atoms with Gasteiger partial charge in [-0.1, -0.05) is 44.2 Å². The Morgan fingerprint density at radius 1 is 0.957 bits per heavy atom. The summed E-state index contributed by atoms with van der Waals surface area (Å²) in [6.45, 7) is 11.1. The van der Waals surface area contributed by atoms with Gasteiger partial charge in [-0.25, -0.2) is 0 Å². The second-order valence-electron chi connectivity index (χ2n) is 5.86. The topological polar surface area (TPSA) is 38.5 Å². The van der Waals surface area contributed by atoms with Crippen molar-refractivity contribution in [2.45, 2.75) is 33.7 Å². The Bertz CT molecular complexity index is 598. The third kappa shape index (κ3) is 4.12. The molecule has 2 aromatic carbocycles. The highest BCUT2D eigenvalue weighted by Gasteiger charge is 2.16. The van der Waals surface area contributed by atoms with E-state index in [1.807, 2.05) is 12.1 Å². The zero-order chi connectivity index (χ0) is 16.8. The fraction of sp³-hybridized carbons (Fsp3) is 0.400. The zero-order valence-corrected chi connectivity index (χ0v) is 14.7. The average Bonchev–Trinajstić information content (AvgIpc) is 2.57. The number of nitrogens with zero attached hydrogens (tertiary/aromatic N) is 1. The van der Waals surface area contributed by atoms with E-state index in [2.05, 4.69) is 62.9 Å². The summed E-state index contributed by atoms with van der Waals surface area (Å²) in [4.78, 5) is 2.38. The highest BCUT2D eigenvalue weighted by Crippen LogP contribution is 2.29. The van der Waals surface area contributed by atoms with Gasteiger partial charge >= 0.3 is 0 Å². The van der Waals surface area contributed by atoms with Crippen LogP contribution in [0.1, 0.15) is 36.6 Å². The average molecular weight is 312 g/mol. The van der Waals surface area contributed by atoms with Crippen LogP contribution in [0.15, 0.2) is 42.5 Å². The second-order valence-corrected chi connectivity index (χ2v) is 5.86. The summed E-state index contributed by atoms with van der Waals surface area (Å²) in [5.41, 5.74) is 9.53. The maximum atomic E-state index is 6.08. The minimum Gasteiger partial charge on any atom is -0.457 e. The third-order valence-corrected chi connectivity index (χ3v) is 4.37. The van der Waals surface area contributed by atoms with E-state index < -0.39 is 0 Å². The van der Waals surface area contributed by atoms with Gasteiger partial charge in [-0.05, 0) is 55.8 Å². The molecule has 0 saturated carbocycles. The number of aryl methyl sites for hydroxylation is 2. The Kier molecular flexibility index (Phi) is 6.20. The molecule has 0 aromatic heterocycles. The molecule has 0 fully saturated rings. The van der Waals surface area contributed by atoms with Crippen LogP contribution >= 0.6 is 0 Å². The molecule has 2 aromatic rings. The number of rotatable bonds is 7. The molecule has 0 amide bonds. The summed E-state index contributed by atoms with van der Waals surface area (Å²) in [7, 11) is 0. The van der Waals surface area contributed by atoms with Crippen molar-refractivity contribution in [2.75, 3.05) is 19.6 Å². The first-order valence-corrected chi connectivity index (χ1v) is 8.38. The van der Waals surface area contributed by atoms with Crippen LogP contribution in [0.2, 0.25) is 0 Å². The zero-order valence-electron chi connectivity index (χ0n) is 14.7. The first-order valence-electron chi connectivity index (χ1n) is 8.38. The molecule has 2 N–H and O–H groups in total. The van der Waals surface area contributed by atoms with Gasteiger partial charge in [0.1, 0.15) is 11.5 Å². The third-order valence-electron chi connectivity index (χ3n) is 4.37. The van der Waals surface area contributed by atoms with E-state index in [4.69, 9.17) is 10.5 Å². The van der Waals surface area contributed by atoms with Crippen LogP contribution in [0.4, 0.5) is 0 Å². The van der Waals surface area contributed by atoms with Crippen molar-refractivity contribution in [2.24, 2.45) is 5.73 Å². The predicted molar refractivity (Wildman–Crippen MR) is 97.1 cm³/mol. The first-order chi connectivity index (χ1) is 11.1. The minimum atomic E-state index is 0.263. The summed E-state index contributed by atoms with van der Waals surface area (Å²) in [5, 5.41) is 0. The van der Waals surface area contributed by atoms with E-state index in [0.29, 0.717) is 6.54 Å². The molecular formula is C20H28N2O. The Hall–Kier alpha value is -1.84. The van der Waals surface area contributed by atoms with E-state index in [9.17, 15) is 0 Å². The van der Waals surface area contributed by atoms with Crippen LogP contribution in [-0.2, 0) is 0 Å². The van der Waals surface area contributed by atoms with Crippen molar-refractivity contribution in [3.8, 4) is 11.5 Å². The summed E-state index contributed by atoms with van der Waals surface area (Å²) in [5.74, 6) is 1.81. The van der Waals surface area contributed by atoms with E-state index >= 15 is 0 Å². The number of likely N-dealkylation sites (N-methyl/N-ethyl adjacent to an activating group) is 1. The van der Waals surface area contributed by atoms with Crippen LogP contribution in [0.3, 0.4) is 0 Å². The highest BCUT2D eigenvalue weighted by molar-refractivity contribution is 5.43. The summed E-state index contributed by atoms with van der Waals surface area (Å²) < 4.78 is 6.08. The van der Waals surface area contributed by atoms with Crippen LogP contribution in [0, 0.1) is 13.8 Å². The quantitative estimate of drug-likeness (QED) is 0.821. The summed E-state index contributed by atoms with van der Waals surface area (Å²) in [6, 6.07) is 14.8. The normalized spacial score (nSPS) is 12.4. The lowest BCUT2D eigenvalue weighted by Crippen LogP contribution is -2.33. The molecule has 23 heavy (non-hydrogen) atoms. The van der Waals surface area contributed by atoms with Gasteiger partial charge in [-0.2, -0.15) is 0 Å². The van der Waals surface area contributed by atoms with Gasteiger partial charge in [-0.15, -0.1) is 0 Å². The van der Waals surface area contributed by atoms with Crippen LogP contribution in [0.25, 0.3) is 0 Å². The highest BCUT2D eigenvalue weighted by atomic mass is 16.5. The standard InChI is InChI=1S/C20H28N2O/c1-5-22(6-2)19(14-21)17-10-12-18(13-11-17)23-20-15(3)8-7-9-16(20)4/h7-13,19H,5-6,14,21H2,1-4H3. The molecule has 3 nitrogen and oxygen atoms in total. The Morgan fingerprint density at radius 3 is 2.00 bits per heavy atom. The number of nitrogens with two attached hydrogens (primary N) is 1. The SMILES string of the molecule is CCN(CC)C(CN)c1ccc(Oc2c(C)cccc2C)cc1. The van der Waals surface area contributed by atoms with Gasteiger partial charge < -0.3 is 10.5 Å². The monoisotopic (exact) mass is 312 g/mol. The van der Waals surface area contributed by atoms with E-state index in [-0.39, 0.29) is 6.04 Å². The lowest BCUT2D eigenvalue weighted by atomic mass is 10.0. The number of hydrogen-bond donors (Lipinski definition) is 1. The molecule has 0 aliphatic heterocycles. The fourth-order valence-electron chi connectivity index (χ4n) is 3.00. The smallest absolute Gasteiger partial charge is 0.133 e. The molecular weight excluding hydrogens is 284 g/mol. The Balaban J connectivity index is 2.19. The molecule has 0 aliphatic rings. The van der Waals surface area contributed by atoms with Gasteiger partial charge in [-0.3, -0.25) is 4.90 Å². The summed E-state index contributed by atoms with van der Waals surface area (Å²) >= 11 is 0. The van der Waals surface area contributed by atoms with Crippen molar-refractivity contribution >= 4 is 0 Å². The minimum absolute atomic E-state index is 0.263. The largest absolute Gasteiger partial charge is 0.457 e. The molecule has 124 valence electrons. The fourth-order valence-corrected chi connectivity index (χ4v) is 3.00. The molecule has 1 atom stereocenters. The second kappa shape index (κ2) is 8.14. The van der Waals surface area contributed by atoms with E-state index in [0.717, 1.165) is 35.7 Å². The molecule has 0 radical (unpaired) electrons. The molecule has 0 spiro atoms. The van der Waals surface area contributed by atoms with Crippen LogP contribution in [-0.4, -0.2) is 24.5 Å². The van der Waals surface area contributed by atoms with Gasteiger partial charge in [0.2, 0.25) is 0 Å². The molecule has 1 unspecified atom stereocenters. The molecule has 0 heterocycles. The number of ether oxygens (including phenoxy) is 1. The summed E-state index contributed by atoms with van der Waals surface area (Å²) in [6.07, 6.45) is 0. The van der Waals surface area contributed by atoms with E-state index in [1.54, 1.807) is 0 Å². The lowest BCUT2D eigenvalue weighted by Gasteiger charge is -2.29. The van der Waals surface area contributed by atoms with Crippen molar-refractivity contribution in [3.05, 3.63) is 59.2 Å². The van der Waals surface area contributed by atoms with E-state index in [1.165, 1.54) is 5.56 Å². The van der Waals surface area contributed by atoms with Gasteiger partial charge in [0.05, 0.1) is 0 Å². The van der Waals surface area contributed by atoms with Gasteiger partial charge in [0.25, 0.3) is 0 Å².